The van der Waals surface area contributed by atoms with E-state index in [1.807, 2.05) is 18.2 Å². The third-order valence-electron chi connectivity index (χ3n) is 3.87. The van der Waals surface area contributed by atoms with Gasteiger partial charge in [-0.3, -0.25) is 21.2 Å². The van der Waals surface area contributed by atoms with Crippen LogP contribution in [0.4, 0.5) is 4.79 Å². The van der Waals surface area contributed by atoms with Crippen molar-refractivity contribution in [3.8, 4) is 5.75 Å². The van der Waals surface area contributed by atoms with Crippen LogP contribution in [0.1, 0.15) is 0 Å². The summed E-state index contributed by atoms with van der Waals surface area (Å²) in [5.74, 6) is 0.756. The van der Waals surface area contributed by atoms with Gasteiger partial charge in [0.2, 0.25) is 0 Å². The van der Waals surface area contributed by atoms with Gasteiger partial charge in [-0.1, -0.05) is 18.2 Å². The maximum atomic E-state index is 12.5. The Hall–Kier alpha value is -2.67. The molecule has 1 aromatic carbocycles. The predicted octanol–water partition coefficient (Wildman–Crippen LogP) is 0.799. The number of para-hydroxylation sites is 1. The largest absolute Gasteiger partial charge is 0.611 e. The Balaban J connectivity index is 2.02. The smallest absolute Gasteiger partial charge is 0.413 e. The molecule has 3 atom stereocenters. The second kappa shape index (κ2) is 10.2. The van der Waals surface area contributed by atoms with Crippen LogP contribution in [-0.2, 0) is 15.9 Å². The van der Waals surface area contributed by atoms with E-state index in [-0.39, 0.29) is 22.4 Å². The summed E-state index contributed by atoms with van der Waals surface area (Å²) in [6.45, 7) is 0.159. The highest BCUT2D eigenvalue weighted by atomic mass is 32.2. The van der Waals surface area contributed by atoms with Crippen molar-refractivity contribution in [1.82, 2.24) is 10.6 Å². The molecular weight excluding hydrogens is 420 g/mol. The molecule has 1 aromatic rings. The van der Waals surface area contributed by atoms with Gasteiger partial charge in [-0.05, 0) is 47.7 Å². The van der Waals surface area contributed by atoms with Gasteiger partial charge in [-0.2, -0.15) is 0 Å². The van der Waals surface area contributed by atoms with Crippen LogP contribution in [0.15, 0.2) is 53.5 Å². The van der Waals surface area contributed by atoms with Crippen molar-refractivity contribution in [2.45, 2.75) is 11.7 Å². The third-order valence-corrected chi connectivity index (χ3v) is 5.41. The second-order valence-corrected chi connectivity index (χ2v) is 7.81. The molecule has 2 rings (SSSR count). The van der Waals surface area contributed by atoms with Crippen LogP contribution in [0.2, 0.25) is 0 Å². The fourth-order valence-corrected chi connectivity index (χ4v) is 3.60. The summed E-state index contributed by atoms with van der Waals surface area (Å²) in [7, 11) is 1.15. The number of carbonyl (C=O) groups excluding carboxylic acids is 1. The number of hydrogen-bond acceptors (Lipinski definition) is 8. The van der Waals surface area contributed by atoms with E-state index < -0.39 is 33.9 Å². The lowest BCUT2D eigenvalue weighted by Gasteiger charge is -2.29. The molecule has 156 valence electrons. The molecule has 0 bridgehead atoms. The minimum absolute atomic E-state index is 0.124. The van der Waals surface area contributed by atoms with Gasteiger partial charge < -0.3 is 19.3 Å². The number of nitrogens with one attached hydrogen (secondary N) is 2. The molecule has 12 heteroatoms. The van der Waals surface area contributed by atoms with Crippen molar-refractivity contribution < 1.29 is 23.7 Å². The molecule has 0 aromatic heterocycles. The van der Waals surface area contributed by atoms with Gasteiger partial charge >= 0.3 is 11.8 Å². The molecule has 3 unspecified atom stereocenters. The summed E-state index contributed by atoms with van der Waals surface area (Å²) in [4.78, 5) is 22.3. The number of ether oxygens (including phenoxy) is 2. The molecule has 0 spiro atoms. The molecule has 29 heavy (non-hydrogen) atoms. The van der Waals surface area contributed by atoms with Gasteiger partial charge in [0.05, 0.1) is 13.2 Å². The molecular formula is C17H20N4O6S2. The van der Waals surface area contributed by atoms with Gasteiger partial charge in [-0.25, -0.2) is 4.79 Å². The average molecular weight is 441 g/mol. The summed E-state index contributed by atoms with van der Waals surface area (Å²) in [5.41, 5.74) is 3.82. The minimum atomic E-state index is -2.12. The quantitative estimate of drug-likeness (QED) is 0.184. The van der Waals surface area contributed by atoms with Crippen molar-refractivity contribution >= 4 is 34.6 Å². The highest BCUT2D eigenvalue weighted by Gasteiger charge is 2.48. The fraction of sp³-hybridized carbons (Fsp3) is 0.294. The molecule has 4 N–H and O–H groups in total. The number of hydrogen-bond donors (Lipinski definition) is 3. The first kappa shape index (κ1) is 22.6. The average Bonchev–Trinajstić information content (AvgIpc) is 2.70. The zero-order chi connectivity index (χ0) is 21.4. The molecule has 1 amide bonds. The Morgan fingerprint density at radius 3 is 2.72 bits per heavy atom. The van der Waals surface area contributed by atoms with Crippen molar-refractivity contribution in [2.75, 3.05) is 19.5 Å². The van der Waals surface area contributed by atoms with Crippen LogP contribution < -0.4 is 21.1 Å². The molecule has 0 saturated carbocycles. The first-order chi connectivity index (χ1) is 13.8. The van der Waals surface area contributed by atoms with E-state index in [0.717, 1.165) is 13.2 Å². The zero-order valence-electron chi connectivity index (χ0n) is 15.4. The molecule has 0 heterocycles. The van der Waals surface area contributed by atoms with Gasteiger partial charge in [0.25, 0.3) is 0 Å². The van der Waals surface area contributed by atoms with E-state index in [0.29, 0.717) is 5.75 Å². The maximum Gasteiger partial charge on any atom is 0.413 e. The van der Waals surface area contributed by atoms with Crippen LogP contribution in [0.5, 0.6) is 5.75 Å². The number of amides is 1. The Morgan fingerprint density at radius 2 is 2.10 bits per heavy atom. The number of thiocarbonyl (C=S) groups is 1. The summed E-state index contributed by atoms with van der Waals surface area (Å²) in [6, 6.07) is 7.92. The van der Waals surface area contributed by atoms with E-state index in [2.05, 4.69) is 15.4 Å². The van der Waals surface area contributed by atoms with Crippen molar-refractivity contribution in [2.24, 2.45) is 5.73 Å². The highest BCUT2D eigenvalue weighted by molar-refractivity contribution is 7.95. The Kier molecular flexibility index (Phi) is 7.96. The molecule has 1 aliphatic rings. The Labute approximate surface area is 175 Å². The standard InChI is InChI=1S/C17H20N4O6S2/c1-26-16(22)20-15(28)19-14-8-7-13(11-17(14,18)21(23)24)29(25)10-9-27-12-5-3-2-4-6-12/h2-8,11,14H,9-10,18H2,1H3,(H2,19,20,22,28). The summed E-state index contributed by atoms with van der Waals surface area (Å²) in [6.07, 6.45) is 3.12. The number of methoxy groups -OCH3 is 1. The van der Waals surface area contributed by atoms with E-state index in [1.54, 1.807) is 12.1 Å². The first-order valence-electron chi connectivity index (χ1n) is 8.32. The number of alkyl carbamates (subject to hydrolysis) is 1. The molecule has 0 aliphatic heterocycles. The van der Waals surface area contributed by atoms with E-state index in [9.17, 15) is 19.5 Å². The monoisotopic (exact) mass is 440 g/mol. The van der Waals surface area contributed by atoms with Gasteiger partial charge in [-0.15, -0.1) is 0 Å². The number of benzene rings is 1. The zero-order valence-corrected chi connectivity index (χ0v) is 17.0. The number of carbonyl (C=O) groups is 1. The lowest BCUT2D eigenvalue weighted by Crippen LogP contribution is -2.63. The lowest BCUT2D eigenvalue weighted by atomic mass is 9.97. The highest BCUT2D eigenvalue weighted by Crippen LogP contribution is 2.24. The fourth-order valence-electron chi connectivity index (χ4n) is 2.37. The van der Waals surface area contributed by atoms with Crippen LogP contribution in [0.3, 0.4) is 0 Å². The topological polar surface area (TPSA) is 152 Å². The second-order valence-electron chi connectivity index (χ2n) is 5.83. The van der Waals surface area contributed by atoms with Gasteiger partial charge in [0.15, 0.2) is 10.0 Å². The molecule has 10 nitrogen and oxygen atoms in total. The van der Waals surface area contributed by atoms with Crippen molar-refractivity contribution in [3.63, 3.8) is 0 Å². The number of nitrogens with zero attached hydrogens (tertiary/aromatic N) is 1. The first-order valence-corrected chi connectivity index (χ1v) is 10.0. The van der Waals surface area contributed by atoms with Crippen LogP contribution >= 0.6 is 12.2 Å². The van der Waals surface area contributed by atoms with Gasteiger partial charge in [0, 0.05) is 4.92 Å². The Morgan fingerprint density at radius 1 is 1.41 bits per heavy atom. The molecule has 1 aliphatic carbocycles. The number of nitro groups is 1. The number of allylic oxidation sites excluding steroid dienone is 1. The van der Waals surface area contributed by atoms with Crippen LogP contribution in [0, 0.1) is 10.1 Å². The van der Waals surface area contributed by atoms with Crippen LogP contribution in [-0.4, -0.2) is 51.9 Å². The molecule has 0 saturated heterocycles. The summed E-state index contributed by atoms with van der Waals surface area (Å²) in [5, 5.41) is 16.2. The van der Waals surface area contributed by atoms with E-state index in [1.165, 1.54) is 12.2 Å². The summed E-state index contributed by atoms with van der Waals surface area (Å²) < 4.78 is 22.4. The van der Waals surface area contributed by atoms with E-state index in [4.69, 9.17) is 22.7 Å². The molecule has 0 radical (unpaired) electrons. The summed E-state index contributed by atoms with van der Waals surface area (Å²) >= 11 is 3.35. The maximum absolute atomic E-state index is 12.5. The van der Waals surface area contributed by atoms with Crippen molar-refractivity contribution in [3.05, 3.63) is 63.6 Å². The normalized spacial score (nSPS) is 21.5. The lowest BCUT2D eigenvalue weighted by molar-refractivity contribution is -0.556. The predicted molar refractivity (Wildman–Crippen MR) is 111 cm³/mol. The van der Waals surface area contributed by atoms with Gasteiger partial charge in [0.1, 0.15) is 24.2 Å². The van der Waals surface area contributed by atoms with Crippen molar-refractivity contribution in [1.29, 1.82) is 0 Å². The number of nitrogens with two attached hydrogens (primary N) is 1. The minimum Gasteiger partial charge on any atom is -0.611 e. The third kappa shape index (κ3) is 6.15. The number of rotatable bonds is 7. The van der Waals surface area contributed by atoms with Crippen LogP contribution in [0.25, 0.3) is 0 Å². The Bertz CT molecular complexity index is 819. The SMILES string of the molecule is COC(=O)NC(=S)NC1C=CC([S+]([O-])CCOc2ccccc2)=CC1(N)[N+](=O)[O-]. The van der Waals surface area contributed by atoms with E-state index >= 15 is 0 Å². The molecule has 0 fully saturated rings.